The summed E-state index contributed by atoms with van der Waals surface area (Å²) in [5, 5.41) is 4.10. The summed E-state index contributed by atoms with van der Waals surface area (Å²) in [5.74, 6) is 2.53. The number of hydrogen-bond acceptors (Lipinski definition) is 8. The summed E-state index contributed by atoms with van der Waals surface area (Å²) in [6, 6.07) is 27.3. The van der Waals surface area contributed by atoms with Gasteiger partial charge in [-0.1, -0.05) is 24.3 Å². The van der Waals surface area contributed by atoms with Gasteiger partial charge in [0.15, 0.2) is 23.0 Å². The number of esters is 1. The van der Waals surface area contributed by atoms with Crippen molar-refractivity contribution in [1.29, 1.82) is 0 Å². The maximum absolute atomic E-state index is 13.7. The lowest BCUT2D eigenvalue weighted by molar-refractivity contribution is 0.0528. The number of nitrogens with one attached hydrogen (secondary N) is 1. The molecule has 0 aliphatic carbocycles. The van der Waals surface area contributed by atoms with E-state index in [1.54, 1.807) is 34.6 Å². The average molecular weight is 981 g/mol. The molecule has 3 aliphatic rings. The van der Waals surface area contributed by atoms with Gasteiger partial charge in [0, 0.05) is 101 Å². The van der Waals surface area contributed by atoms with E-state index in [0.29, 0.717) is 30.2 Å². The average Bonchev–Trinajstić information content (AvgIpc) is 4.16. The van der Waals surface area contributed by atoms with Crippen molar-refractivity contribution < 1.29 is 33.3 Å². The zero-order valence-electron chi connectivity index (χ0n) is 43.6. The predicted molar refractivity (Wildman–Crippen MR) is 288 cm³/mol. The second kappa shape index (κ2) is 19.9. The number of anilines is 1. The molecule has 13 nitrogen and oxygen atoms in total. The maximum atomic E-state index is 13.7. The van der Waals surface area contributed by atoms with Gasteiger partial charge in [-0.05, 0) is 154 Å². The molecule has 0 fully saturated rings. The van der Waals surface area contributed by atoms with Crippen molar-refractivity contribution in [2.45, 2.75) is 86.5 Å². The maximum Gasteiger partial charge on any atom is 0.340 e. The van der Waals surface area contributed by atoms with Crippen molar-refractivity contribution in [3.8, 4) is 67.8 Å². The van der Waals surface area contributed by atoms with Gasteiger partial charge in [0.2, 0.25) is 0 Å². The second-order valence-electron chi connectivity index (χ2n) is 19.3. The lowest BCUT2D eigenvalue weighted by Gasteiger charge is -2.23. The van der Waals surface area contributed by atoms with Crippen LogP contribution in [0, 0.1) is 20.8 Å². The molecule has 0 bridgehead atoms. The Kier molecular flexibility index (Phi) is 13.3. The van der Waals surface area contributed by atoms with Crippen molar-refractivity contribution in [1.82, 2.24) is 24.0 Å². The van der Waals surface area contributed by atoms with Gasteiger partial charge < -0.3 is 42.7 Å². The predicted octanol–water partition coefficient (Wildman–Crippen LogP) is 11.8. The van der Waals surface area contributed by atoms with Crippen molar-refractivity contribution in [2.75, 3.05) is 46.5 Å². The highest BCUT2D eigenvalue weighted by molar-refractivity contribution is 6.09. The minimum Gasteiger partial charge on any atom is -0.493 e. The van der Waals surface area contributed by atoms with Gasteiger partial charge in [0.05, 0.1) is 52.0 Å². The van der Waals surface area contributed by atoms with E-state index in [0.717, 1.165) is 106 Å². The molecule has 3 aliphatic heterocycles. The van der Waals surface area contributed by atoms with Crippen LogP contribution in [-0.4, -0.2) is 78.3 Å². The Bertz CT molecular complexity index is 3430. The van der Waals surface area contributed by atoms with Crippen molar-refractivity contribution in [3.05, 3.63) is 142 Å². The third kappa shape index (κ3) is 8.53. The Balaban J connectivity index is 0.000000169. The van der Waals surface area contributed by atoms with Crippen LogP contribution in [0.3, 0.4) is 0 Å². The molecular weight excluding hydrogens is 917 g/mol. The first-order chi connectivity index (χ1) is 35.4. The quantitative estimate of drug-likeness (QED) is 0.127. The van der Waals surface area contributed by atoms with Gasteiger partial charge in [-0.15, -0.1) is 0 Å². The Labute approximate surface area is 427 Å². The summed E-state index contributed by atoms with van der Waals surface area (Å²) < 4.78 is 34.9. The fourth-order valence-corrected chi connectivity index (χ4v) is 11.5. The van der Waals surface area contributed by atoms with Crippen LogP contribution in [-0.2, 0) is 43.6 Å². The minimum absolute atomic E-state index is 0.0193. The molecule has 376 valence electrons. The third-order valence-electron chi connectivity index (χ3n) is 14.8. The van der Waals surface area contributed by atoms with Gasteiger partial charge >= 0.3 is 12.0 Å². The molecular formula is C60H64N6O7. The number of hydrogen-bond donors (Lipinski definition) is 1. The fraction of sp³-hybridized carbons (Fsp3) is 0.317. The monoisotopic (exact) mass is 980 g/mol. The Morgan fingerprint density at radius 1 is 0.685 bits per heavy atom. The molecule has 7 heterocycles. The molecule has 0 radical (unpaired) electrons. The van der Waals surface area contributed by atoms with E-state index in [2.05, 4.69) is 112 Å². The van der Waals surface area contributed by atoms with Crippen LogP contribution in [0.15, 0.2) is 97.5 Å². The second-order valence-corrected chi connectivity index (χ2v) is 19.3. The van der Waals surface area contributed by atoms with E-state index >= 15 is 0 Å². The van der Waals surface area contributed by atoms with Crippen LogP contribution in [0.25, 0.3) is 55.7 Å². The highest BCUT2D eigenvalue weighted by atomic mass is 16.5. The molecule has 0 unspecified atom stereocenters. The topological polar surface area (TPSA) is 123 Å². The molecule has 0 spiro atoms. The van der Waals surface area contributed by atoms with Gasteiger partial charge in [-0.3, -0.25) is 9.88 Å². The molecule has 8 aromatic rings. The van der Waals surface area contributed by atoms with Crippen LogP contribution in [0.1, 0.15) is 70.3 Å². The summed E-state index contributed by atoms with van der Waals surface area (Å²) in [4.78, 5) is 32.4. The normalized spacial score (nSPS) is 13.1. The van der Waals surface area contributed by atoms with Gasteiger partial charge in [-0.2, -0.15) is 0 Å². The molecule has 1 N–H and O–H groups in total. The van der Waals surface area contributed by atoms with Crippen LogP contribution in [0.4, 0.5) is 10.5 Å². The Hall–Kier alpha value is -7.93. The summed E-state index contributed by atoms with van der Waals surface area (Å²) in [6.45, 7) is 15.8. The first-order valence-electron chi connectivity index (χ1n) is 25.2. The smallest absolute Gasteiger partial charge is 0.340 e. The highest BCUT2D eigenvalue weighted by Crippen LogP contribution is 2.48. The third-order valence-corrected chi connectivity index (χ3v) is 14.8. The number of fused-ring (bicyclic) bond motifs is 8. The van der Waals surface area contributed by atoms with Crippen molar-refractivity contribution in [3.63, 3.8) is 0 Å². The molecule has 2 amide bonds. The van der Waals surface area contributed by atoms with Crippen LogP contribution in [0.2, 0.25) is 0 Å². The number of amides is 2. The van der Waals surface area contributed by atoms with E-state index in [1.165, 1.54) is 44.8 Å². The number of aryl methyl sites for hydroxylation is 2. The van der Waals surface area contributed by atoms with E-state index in [-0.39, 0.29) is 18.0 Å². The largest absolute Gasteiger partial charge is 0.493 e. The number of pyridine rings is 1. The Morgan fingerprint density at radius 2 is 1.32 bits per heavy atom. The van der Waals surface area contributed by atoms with Gasteiger partial charge in [-0.25, -0.2) is 9.59 Å². The number of aromatic nitrogens is 4. The van der Waals surface area contributed by atoms with Gasteiger partial charge in [0.25, 0.3) is 0 Å². The SMILES string of the molecule is CCOC(=O)c1c(-c2cccc3c2ccn3Cc2cccnc2)c(C)n2c1-c1cc(OC)c(OC)cc1CC2.COc1cc2c(cc1OC)-c1c(C)c(-c3ccc4c(c3)CCN4C(=O)NC(C)C)c(C)n1CC2. The number of nitrogens with zero attached hydrogens (tertiary/aromatic N) is 5. The van der Waals surface area contributed by atoms with E-state index in [1.807, 2.05) is 50.1 Å². The number of carbonyl (C=O) groups excluding carboxylic acids is 2. The number of carbonyl (C=O) groups is 2. The zero-order chi connectivity index (χ0) is 51.2. The van der Waals surface area contributed by atoms with E-state index in [4.69, 9.17) is 23.7 Å². The summed E-state index contributed by atoms with van der Waals surface area (Å²) in [6.07, 6.45) is 8.44. The van der Waals surface area contributed by atoms with E-state index < -0.39 is 0 Å². The van der Waals surface area contributed by atoms with Crippen LogP contribution < -0.4 is 29.2 Å². The number of benzene rings is 4. The number of methoxy groups -OCH3 is 4. The number of ether oxygens (including phenoxy) is 5. The van der Waals surface area contributed by atoms with Crippen molar-refractivity contribution >= 4 is 28.6 Å². The minimum atomic E-state index is -0.321. The standard InChI is InChI=1S/C32H31N3O4.C28H33N3O3/c1-5-39-32(36)30-29(20(2)35-15-11-22-16-27(37-3)28(38-4)17-25(22)31(30)35)24-9-6-10-26-23(24)12-14-34(26)19-21-8-7-13-33-18-21;1-16(2)29-28(32)31-12-10-20-13-21(7-8-23(20)31)26-17(3)27-22-15-25(34-6)24(33-5)14-19(22)9-11-30(27)18(26)4/h6-10,12-14,16-18H,5,11,15,19H2,1-4H3;7-8,13-16H,9-12H2,1-6H3,(H,29,32). The van der Waals surface area contributed by atoms with Crippen molar-refractivity contribution in [2.24, 2.45) is 0 Å². The molecule has 0 saturated heterocycles. The molecule has 0 saturated carbocycles. The number of urea groups is 1. The summed E-state index contributed by atoms with van der Waals surface area (Å²) >= 11 is 0. The fourth-order valence-electron chi connectivity index (χ4n) is 11.5. The first kappa shape index (κ1) is 48.7. The number of rotatable bonds is 11. The molecule has 0 atom stereocenters. The zero-order valence-corrected chi connectivity index (χ0v) is 43.6. The van der Waals surface area contributed by atoms with E-state index in [9.17, 15) is 9.59 Å². The summed E-state index contributed by atoms with van der Waals surface area (Å²) in [5.41, 5.74) is 19.8. The molecule has 73 heavy (non-hydrogen) atoms. The lowest BCUT2D eigenvalue weighted by atomic mass is 9.92. The van der Waals surface area contributed by atoms with Gasteiger partial charge in [0.1, 0.15) is 0 Å². The molecule has 4 aromatic heterocycles. The van der Waals surface area contributed by atoms with Crippen LogP contribution in [0.5, 0.6) is 23.0 Å². The molecule has 13 heteroatoms. The molecule has 11 rings (SSSR count). The highest BCUT2D eigenvalue weighted by Gasteiger charge is 2.34. The lowest BCUT2D eigenvalue weighted by Crippen LogP contribution is -2.42. The molecule has 4 aromatic carbocycles. The Morgan fingerprint density at radius 3 is 1.95 bits per heavy atom. The summed E-state index contributed by atoms with van der Waals surface area (Å²) in [7, 11) is 6.64. The first-order valence-corrected chi connectivity index (χ1v) is 25.2. The van der Waals surface area contributed by atoms with Crippen LogP contribution >= 0.6 is 0 Å².